The van der Waals surface area contributed by atoms with Gasteiger partial charge in [0.15, 0.2) is 23.0 Å². The minimum atomic E-state index is -0.843. The molecule has 1 aliphatic rings. The zero-order valence-corrected chi connectivity index (χ0v) is 21.6. The SMILES string of the molecule is COc1ccc(C(c2cc(OC)c(OCc3ccccc3)c(OC)c2)N2CCCC2C(=O)O)cc1OC. The highest BCUT2D eigenvalue weighted by Gasteiger charge is 2.38. The van der Waals surface area contributed by atoms with E-state index in [-0.39, 0.29) is 0 Å². The third-order valence-electron chi connectivity index (χ3n) is 6.66. The summed E-state index contributed by atoms with van der Waals surface area (Å²) in [4.78, 5) is 14.2. The van der Waals surface area contributed by atoms with Gasteiger partial charge in [-0.25, -0.2) is 0 Å². The zero-order valence-electron chi connectivity index (χ0n) is 21.6. The summed E-state index contributed by atoms with van der Waals surface area (Å²) in [5.41, 5.74) is 2.70. The van der Waals surface area contributed by atoms with Crippen molar-refractivity contribution in [1.29, 1.82) is 0 Å². The highest BCUT2D eigenvalue weighted by Crippen LogP contribution is 2.45. The number of rotatable bonds is 11. The van der Waals surface area contributed by atoms with E-state index >= 15 is 0 Å². The van der Waals surface area contributed by atoms with Crippen molar-refractivity contribution in [3.8, 4) is 28.7 Å². The molecular formula is C29H33NO7. The predicted octanol–water partition coefficient (Wildman–Crippen LogP) is 4.94. The number of hydrogen-bond donors (Lipinski definition) is 1. The van der Waals surface area contributed by atoms with E-state index in [0.29, 0.717) is 48.3 Å². The lowest BCUT2D eigenvalue weighted by molar-refractivity contribution is -0.142. The van der Waals surface area contributed by atoms with Crippen LogP contribution in [0.3, 0.4) is 0 Å². The number of ether oxygens (including phenoxy) is 5. The molecule has 2 unspecified atom stereocenters. The van der Waals surface area contributed by atoms with E-state index < -0.39 is 18.1 Å². The Morgan fingerprint density at radius 2 is 1.49 bits per heavy atom. The third kappa shape index (κ3) is 5.59. The molecule has 0 spiro atoms. The average molecular weight is 508 g/mol. The number of aliphatic carboxylic acids is 1. The number of carbonyl (C=O) groups is 1. The van der Waals surface area contributed by atoms with Gasteiger partial charge in [-0.1, -0.05) is 36.4 Å². The van der Waals surface area contributed by atoms with E-state index in [1.807, 2.05) is 65.6 Å². The number of benzene rings is 3. The van der Waals surface area contributed by atoms with Crippen LogP contribution >= 0.6 is 0 Å². The van der Waals surface area contributed by atoms with Crippen LogP contribution in [0.1, 0.15) is 35.6 Å². The molecule has 0 saturated carbocycles. The first-order chi connectivity index (χ1) is 18.0. The Morgan fingerprint density at radius 1 is 0.865 bits per heavy atom. The van der Waals surface area contributed by atoms with E-state index in [0.717, 1.165) is 23.1 Å². The van der Waals surface area contributed by atoms with Crippen LogP contribution < -0.4 is 23.7 Å². The van der Waals surface area contributed by atoms with Crippen molar-refractivity contribution in [2.45, 2.75) is 31.5 Å². The molecule has 0 aliphatic carbocycles. The smallest absolute Gasteiger partial charge is 0.320 e. The van der Waals surface area contributed by atoms with Gasteiger partial charge in [-0.3, -0.25) is 9.69 Å². The second-order valence-electron chi connectivity index (χ2n) is 8.78. The molecule has 2 atom stereocenters. The normalized spacial score (nSPS) is 16.2. The standard InChI is InChI=1S/C29H33NO7/c1-33-23-13-12-20(15-24(23)34-2)27(30-14-8-11-22(30)29(31)32)21-16-25(35-3)28(26(17-21)36-4)37-18-19-9-6-5-7-10-19/h5-7,9-10,12-13,15-17,22,27H,8,11,14,18H2,1-4H3,(H,31,32). The van der Waals surface area contributed by atoms with E-state index in [9.17, 15) is 9.90 Å². The fourth-order valence-corrected chi connectivity index (χ4v) is 4.89. The van der Waals surface area contributed by atoms with Crippen molar-refractivity contribution in [2.24, 2.45) is 0 Å². The minimum absolute atomic E-state index is 0.346. The number of carboxylic acid groups (broad SMARTS) is 1. The Morgan fingerprint density at radius 3 is 2.08 bits per heavy atom. The molecule has 37 heavy (non-hydrogen) atoms. The van der Waals surface area contributed by atoms with Gasteiger partial charge in [0.25, 0.3) is 0 Å². The molecule has 1 saturated heterocycles. The van der Waals surface area contributed by atoms with Crippen LogP contribution in [0.5, 0.6) is 28.7 Å². The van der Waals surface area contributed by atoms with Gasteiger partial charge < -0.3 is 28.8 Å². The van der Waals surface area contributed by atoms with Crippen molar-refractivity contribution in [3.63, 3.8) is 0 Å². The molecule has 8 heteroatoms. The molecule has 8 nitrogen and oxygen atoms in total. The van der Waals surface area contributed by atoms with Gasteiger partial charge in [-0.05, 0) is 53.8 Å². The summed E-state index contributed by atoms with van der Waals surface area (Å²) in [5, 5.41) is 9.98. The number of nitrogens with zero attached hydrogens (tertiary/aromatic N) is 1. The van der Waals surface area contributed by atoms with Gasteiger partial charge in [0.1, 0.15) is 12.6 Å². The Balaban J connectivity index is 1.80. The van der Waals surface area contributed by atoms with Crippen LogP contribution in [0.4, 0.5) is 0 Å². The van der Waals surface area contributed by atoms with Crippen LogP contribution in [0, 0.1) is 0 Å². The lowest BCUT2D eigenvalue weighted by Crippen LogP contribution is -2.39. The molecule has 0 amide bonds. The van der Waals surface area contributed by atoms with Crippen LogP contribution in [-0.4, -0.2) is 57.0 Å². The number of likely N-dealkylation sites (tertiary alicyclic amines) is 1. The van der Waals surface area contributed by atoms with Gasteiger partial charge >= 0.3 is 5.97 Å². The molecule has 3 aromatic carbocycles. The Kier molecular flexibility index (Phi) is 8.40. The summed E-state index contributed by atoms with van der Waals surface area (Å²) in [6.45, 7) is 0.978. The topological polar surface area (TPSA) is 86.7 Å². The molecule has 196 valence electrons. The van der Waals surface area contributed by atoms with Gasteiger partial charge in [-0.2, -0.15) is 0 Å². The summed E-state index contributed by atoms with van der Waals surface area (Å²) >= 11 is 0. The van der Waals surface area contributed by atoms with E-state index in [4.69, 9.17) is 23.7 Å². The fourth-order valence-electron chi connectivity index (χ4n) is 4.89. The zero-order chi connectivity index (χ0) is 26.4. The highest BCUT2D eigenvalue weighted by atomic mass is 16.5. The molecule has 1 N–H and O–H groups in total. The Hall–Kier alpha value is -3.91. The summed E-state index contributed by atoms with van der Waals surface area (Å²) in [5.74, 6) is 1.81. The molecule has 1 aliphatic heterocycles. The molecule has 0 aromatic heterocycles. The summed E-state index contributed by atoms with van der Waals surface area (Å²) < 4.78 is 28.6. The Labute approximate surface area is 217 Å². The quantitative estimate of drug-likeness (QED) is 0.391. The second kappa shape index (κ2) is 11.9. The number of carboxylic acids is 1. The first-order valence-corrected chi connectivity index (χ1v) is 12.1. The second-order valence-corrected chi connectivity index (χ2v) is 8.78. The van der Waals surface area contributed by atoms with Crippen molar-refractivity contribution in [3.05, 3.63) is 77.4 Å². The monoisotopic (exact) mass is 507 g/mol. The predicted molar refractivity (Wildman–Crippen MR) is 139 cm³/mol. The molecule has 4 rings (SSSR count). The molecule has 1 heterocycles. The fraction of sp³-hybridized carbons (Fsp3) is 0.345. The maximum absolute atomic E-state index is 12.2. The van der Waals surface area contributed by atoms with Crippen LogP contribution in [0.25, 0.3) is 0 Å². The van der Waals surface area contributed by atoms with Crippen molar-refractivity contribution < 1.29 is 33.6 Å². The van der Waals surface area contributed by atoms with Crippen molar-refractivity contribution in [2.75, 3.05) is 35.0 Å². The largest absolute Gasteiger partial charge is 0.493 e. The summed E-state index contributed by atoms with van der Waals surface area (Å²) in [6.07, 6.45) is 1.36. The van der Waals surface area contributed by atoms with Crippen LogP contribution in [-0.2, 0) is 11.4 Å². The van der Waals surface area contributed by atoms with Crippen molar-refractivity contribution in [1.82, 2.24) is 4.90 Å². The van der Waals surface area contributed by atoms with Gasteiger partial charge in [0, 0.05) is 6.54 Å². The van der Waals surface area contributed by atoms with E-state index in [2.05, 4.69) is 0 Å². The van der Waals surface area contributed by atoms with Gasteiger partial charge in [0.05, 0.1) is 34.5 Å². The highest BCUT2D eigenvalue weighted by molar-refractivity contribution is 5.74. The molecule has 0 radical (unpaired) electrons. The summed E-state index contributed by atoms with van der Waals surface area (Å²) in [7, 11) is 6.32. The van der Waals surface area contributed by atoms with E-state index in [1.165, 1.54) is 0 Å². The van der Waals surface area contributed by atoms with E-state index in [1.54, 1.807) is 28.4 Å². The average Bonchev–Trinajstić information content (AvgIpc) is 3.42. The lowest BCUT2D eigenvalue weighted by Gasteiger charge is -2.33. The molecule has 3 aromatic rings. The Bertz CT molecular complexity index is 1190. The van der Waals surface area contributed by atoms with Crippen LogP contribution in [0.2, 0.25) is 0 Å². The molecule has 1 fully saturated rings. The third-order valence-corrected chi connectivity index (χ3v) is 6.66. The van der Waals surface area contributed by atoms with Crippen molar-refractivity contribution >= 4 is 5.97 Å². The molecular weight excluding hydrogens is 474 g/mol. The summed E-state index contributed by atoms with van der Waals surface area (Å²) in [6, 6.07) is 18.3. The maximum Gasteiger partial charge on any atom is 0.320 e. The first-order valence-electron chi connectivity index (χ1n) is 12.1. The van der Waals surface area contributed by atoms with Crippen LogP contribution in [0.15, 0.2) is 60.7 Å². The maximum atomic E-state index is 12.2. The van der Waals surface area contributed by atoms with Gasteiger partial charge in [-0.15, -0.1) is 0 Å². The first kappa shape index (κ1) is 26.2. The molecule has 0 bridgehead atoms. The minimum Gasteiger partial charge on any atom is -0.493 e. The van der Waals surface area contributed by atoms with Gasteiger partial charge in [0.2, 0.25) is 5.75 Å². The number of methoxy groups -OCH3 is 4. The lowest BCUT2D eigenvalue weighted by atomic mass is 9.95. The number of hydrogen-bond acceptors (Lipinski definition) is 7.